The van der Waals surface area contributed by atoms with Crippen LogP contribution in [-0.2, 0) is 4.79 Å². The highest BCUT2D eigenvalue weighted by Crippen LogP contribution is 2.38. The molecule has 1 heterocycles. The third kappa shape index (κ3) is 2.47. The Morgan fingerprint density at radius 1 is 1.56 bits per heavy atom. The van der Waals surface area contributed by atoms with E-state index in [2.05, 4.69) is 18.3 Å². The van der Waals surface area contributed by atoms with Crippen molar-refractivity contribution in [2.45, 2.75) is 24.3 Å². The zero-order chi connectivity index (χ0) is 13.1. The van der Waals surface area contributed by atoms with Gasteiger partial charge in [-0.2, -0.15) is 0 Å². The van der Waals surface area contributed by atoms with Gasteiger partial charge < -0.3 is 16.0 Å². The molecule has 0 radical (unpaired) electrons. The van der Waals surface area contributed by atoms with Gasteiger partial charge in [-0.25, -0.2) is 0 Å². The summed E-state index contributed by atoms with van der Waals surface area (Å²) >= 11 is 1.61. The number of hydrogen-bond donors (Lipinski definition) is 2. The Hall–Kier alpha value is -1.20. The Morgan fingerprint density at radius 2 is 2.33 bits per heavy atom. The number of rotatable bonds is 4. The van der Waals surface area contributed by atoms with Crippen LogP contribution >= 0.6 is 11.8 Å². The van der Waals surface area contributed by atoms with E-state index >= 15 is 0 Å². The normalized spacial score (nSPS) is 16.4. The number of nitrogens with one attached hydrogen (secondary N) is 1. The predicted octanol–water partition coefficient (Wildman–Crippen LogP) is 1.90. The van der Waals surface area contributed by atoms with E-state index in [9.17, 15) is 4.79 Å². The molecule has 1 unspecified atom stereocenters. The first kappa shape index (κ1) is 13.2. The van der Waals surface area contributed by atoms with Gasteiger partial charge in [0.1, 0.15) is 0 Å². The minimum Gasteiger partial charge on any atom is -0.388 e. The van der Waals surface area contributed by atoms with Crippen molar-refractivity contribution < 1.29 is 4.79 Å². The van der Waals surface area contributed by atoms with Crippen LogP contribution in [0, 0.1) is 0 Å². The largest absolute Gasteiger partial charge is 0.388 e. The maximum atomic E-state index is 12.1. The summed E-state index contributed by atoms with van der Waals surface area (Å²) in [6.07, 6.45) is 0.819. The number of fused-ring (bicyclic) bond motifs is 1. The van der Waals surface area contributed by atoms with Crippen LogP contribution in [0.1, 0.15) is 13.3 Å². The fourth-order valence-electron chi connectivity index (χ4n) is 2.18. The van der Waals surface area contributed by atoms with Gasteiger partial charge in [-0.05, 0) is 38.1 Å². The highest BCUT2D eigenvalue weighted by molar-refractivity contribution is 8.00. The van der Waals surface area contributed by atoms with Crippen LogP contribution in [0.5, 0.6) is 0 Å². The molecule has 0 saturated heterocycles. The monoisotopic (exact) mass is 265 g/mol. The molecule has 1 atom stereocenters. The molecule has 98 valence electrons. The number of anilines is 2. The van der Waals surface area contributed by atoms with Crippen LogP contribution in [0.25, 0.3) is 0 Å². The van der Waals surface area contributed by atoms with E-state index in [1.54, 1.807) is 11.8 Å². The first-order valence-corrected chi connectivity index (χ1v) is 7.12. The number of thioether (sulfide) groups is 1. The van der Waals surface area contributed by atoms with Crippen molar-refractivity contribution in [1.82, 2.24) is 0 Å². The lowest BCUT2D eigenvalue weighted by Gasteiger charge is -2.34. The highest BCUT2D eigenvalue weighted by Gasteiger charge is 2.28. The Morgan fingerprint density at radius 3 is 3.00 bits per heavy atom. The number of carbonyl (C=O) groups is 1. The van der Waals surface area contributed by atoms with Gasteiger partial charge in [0, 0.05) is 23.7 Å². The summed E-state index contributed by atoms with van der Waals surface area (Å²) in [5.41, 5.74) is 7.63. The molecule has 0 aromatic heterocycles. The summed E-state index contributed by atoms with van der Waals surface area (Å²) in [4.78, 5) is 15.2. The van der Waals surface area contributed by atoms with Crippen molar-refractivity contribution >= 4 is 29.0 Å². The van der Waals surface area contributed by atoms with E-state index in [1.807, 2.05) is 24.1 Å². The number of carbonyl (C=O) groups excluding carboxylic acids is 1. The Balaban J connectivity index is 2.38. The first-order chi connectivity index (χ1) is 8.67. The molecule has 4 nitrogen and oxygen atoms in total. The van der Waals surface area contributed by atoms with E-state index < -0.39 is 0 Å². The summed E-state index contributed by atoms with van der Waals surface area (Å²) in [7, 11) is 1.88. The third-order valence-electron chi connectivity index (χ3n) is 3.15. The predicted molar refractivity (Wildman–Crippen MR) is 77.3 cm³/mol. The summed E-state index contributed by atoms with van der Waals surface area (Å²) < 4.78 is 0. The van der Waals surface area contributed by atoms with E-state index in [1.165, 1.54) is 0 Å². The second kappa shape index (κ2) is 5.63. The van der Waals surface area contributed by atoms with E-state index in [4.69, 9.17) is 5.73 Å². The smallest absolute Gasteiger partial charge is 0.237 e. The molecule has 0 aliphatic carbocycles. The van der Waals surface area contributed by atoms with Gasteiger partial charge in [-0.1, -0.05) is 0 Å². The second-order valence-corrected chi connectivity index (χ2v) is 5.43. The molecule has 1 amide bonds. The number of hydrogen-bond acceptors (Lipinski definition) is 4. The Labute approximate surface area is 112 Å². The zero-order valence-corrected chi connectivity index (χ0v) is 11.6. The van der Waals surface area contributed by atoms with Crippen LogP contribution in [-0.4, -0.2) is 31.3 Å². The lowest BCUT2D eigenvalue weighted by molar-refractivity contribution is -0.116. The molecular weight excluding hydrogens is 246 g/mol. The lowest BCUT2D eigenvalue weighted by Crippen LogP contribution is -2.43. The molecule has 0 spiro atoms. The molecule has 1 aromatic rings. The fraction of sp³-hybridized carbons (Fsp3) is 0.462. The van der Waals surface area contributed by atoms with Crippen molar-refractivity contribution in [2.75, 3.05) is 29.6 Å². The maximum Gasteiger partial charge on any atom is 0.237 e. The summed E-state index contributed by atoms with van der Waals surface area (Å²) in [6, 6.07) is 6.29. The third-order valence-corrected chi connectivity index (χ3v) is 4.20. The van der Waals surface area contributed by atoms with Gasteiger partial charge >= 0.3 is 0 Å². The maximum absolute atomic E-state index is 12.1. The van der Waals surface area contributed by atoms with Gasteiger partial charge in [0.2, 0.25) is 5.91 Å². The van der Waals surface area contributed by atoms with Crippen molar-refractivity contribution in [2.24, 2.45) is 5.73 Å². The number of amides is 1. The summed E-state index contributed by atoms with van der Waals surface area (Å²) in [6.45, 7) is 2.65. The van der Waals surface area contributed by atoms with Gasteiger partial charge in [-0.3, -0.25) is 4.79 Å². The standard InChI is InChI=1S/C13H19N3OS/c1-9(5-6-14)16-11-7-10(15-2)3-4-12(11)18-8-13(16)17/h3-4,7,9,15H,5-6,8,14H2,1-2H3. The lowest BCUT2D eigenvalue weighted by atomic mass is 10.1. The quantitative estimate of drug-likeness (QED) is 0.873. The van der Waals surface area contributed by atoms with Crippen LogP contribution < -0.4 is 16.0 Å². The molecule has 2 rings (SSSR count). The Bertz CT molecular complexity index is 450. The van der Waals surface area contributed by atoms with E-state index in [0.29, 0.717) is 12.3 Å². The molecular formula is C13H19N3OS. The molecule has 3 N–H and O–H groups in total. The number of benzene rings is 1. The number of nitrogens with two attached hydrogens (primary N) is 1. The molecule has 5 heteroatoms. The summed E-state index contributed by atoms with van der Waals surface area (Å²) in [5.74, 6) is 0.683. The van der Waals surface area contributed by atoms with Crippen molar-refractivity contribution in [3.05, 3.63) is 18.2 Å². The van der Waals surface area contributed by atoms with Gasteiger partial charge in [-0.15, -0.1) is 11.8 Å². The van der Waals surface area contributed by atoms with Crippen LogP contribution in [0.4, 0.5) is 11.4 Å². The minimum absolute atomic E-state index is 0.147. The van der Waals surface area contributed by atoms with Crippen LogP contribution in [0.2, 0.25) is 0 Å². The molecule has 1 aromatic carbocycles. The average molecular weight is 265 g/mol. The second-order valence-electron chi connectivity index (χ2n) is 4.41. The topological polar surface area (TPSA) is 58.4 Å². The van der Waals surface area contributed by atoms with E-state index in [-0.39, 0.29) is 11.9 Å². The first-order valence-electron chi connectivity index (χ1n) is 6.14. The SMILES string of the molecule is CNc1ccc2c(c1)N(C(C)CCN)C(=O)CS2. The van der Waals surface area contributed by atoms with Crippen LogP contribution in [0.3, 0.4) is 0 Å². The van der Waals surface area contributed by atoms with Crippen molar-refractivity contribution in [3.63, 3.8) is 0 Å². The molecule has 1 aliphatic rings. The van der Waals surface area contributed by atoms with Crippen LogP contribution in [0.15, 0.2) is 23.1 Å². The molecule has 0 fully saturated rings. The molecule has 0 saturated carbocycles. The average Bonchev–Trinajstić information content (AvgIpc) is 2.38. The zero-order valence-electron chi connectivity index (χ0n) is 10.8. The Kier molecular flexibility index (Phi) is 4.14. The molecule has 0 bridgehead atoms. The minimum atomic E-state index is 0.147. The van der Waals surface area contributed by atoms with Crippen molar-refractivity contribution in [1.29, 1.82) is 0 Å². The molecule has 1 aliphatic heterocycles. The number of nitrogens with zero attached hydrogens (tertiary/aromatic N) is 1. The van der Waals surface area contributed by atoms with Gasteiger partial charge in [0.05, 0.1) is 11.4 Å². The highest BCUT2D eigenvalue weighted by atomic mass is 32.2. The van der Waals surface area contributed by atoms with Gasteiger partial charge in [0.15, 0.2) is 0 Å². The molecule has 18 heavy (non-hydrogen) atoms. The summed E-state index contributed by atoms with van der Waals surface area (Å²) in [5, 5.41) is 3.11. The van der Waals surface area contributed by atoms with Gasteiger partial charge in [0.25, 0.3) is 0 Å². The fourth-order valence-corrected chi connectivity index (χ4v) is 3.07. The van der Waals surface area contributed by atoms with Crippen molar-refractivity contribution in [3.8, 4) is 0 Å². The van der Waals surface area contributed by atoms with E-state index in [0.717, 1.165) is 22.7 Å².